The summed E-state index contributed by atoms with van der Waals surface area (Å²) in [6.07, 6.45) is 4.18. The number of aryl methyl sites for hydroxylation is 1. The Balaban J connectivity index is 1.42. The first-order valence-electron chi connectivity index (χ1n) is 9.97. The van der Waals surface area contributed by atoms with Crippen molar-refractivity contribution < 1.29 is 9.59 Å². The van der Waals surface area contributed by atoms with Gasteiger partial charge in [0.05, 0.1) is 5.69 Å². The zero-order valence-corrected chi connectivity index (χ0v) is 16.7. The van der Waals surface area contributed by atoms with Crippen LogP contribution >= 0.6 is 0 Å². The SMILES string of the molecule is Cc1cnc(C(=O)NC2C(=O)N(C)c3ncccc3C3C[C@H]23)nc1-c1ccccc1. The van der Waals surface area contributed by atoms with E-state index in [1.807, 2.05) is 49.4 Å². The number of fused-ring (bicyclic) bond motifs is 3. The minimum Gasteiger partial charge on any atom is -0.337 e. The molecule has 30 heavy (non-hydrogen) atoms. The molecule has 5 rings (SSSR count). The first kappa shape index (κ1) is 18.4. The summed E-state index contributed by atoms with van der Waals surface area (Å²) >= 11 is 0. The average molecular weight is 399 g/mol. The summed E-state index contributed by atoms with van der Waals surface area (Å²) < 4.78 is 0. The van der Waals surface area contributed by atoms with E-state index < -0.39 is 11.9 Å². The number of carbonyl (C=O) groups excluding carboxylic acids is 2. The Morgan fingerprint density at radius 2 is 1.93 bits per heavy atom. The van der Waals surface area contributed by atoms with E-state index in [4.69, 9.17) is 0 Å². The van der Waals surface area contributed by atoms with Gasteiger partial charge in [-0.1, -0.05) is 36.4 Å². The first-order chi connectivity index (χ1) is 14.5. The lowest BCUT2D eigenvalue weighted by atomic mass is 10.1. The van der Waals surface area contributed by atoms with E-state index in [1.165, 1.54) is 4.90 Å². The van der Waals surface area contributed by atoms with E-state index in [1.54, 1.807) is 19.4 Å². The number of carbonyl (C=O) groups is 2. The third-order valence-corrected chi connectivity index (χ3v) is 5.91. The van der Waals surface area contributed by atoms with Crippen LogP contribution in [0.4, 0.5) is 5.82 Å². The summed E-state index contributed by atoms with van der Waals surface area (Å²) in [5.41, 5.74) is 3.57. The van der Waals surface area contributed by atoms with Gasteiger partial charge in [0.25, 0.3) is 11.8 Å². The van der Waals surface area contributed by atoms with E-state index in [0.717, 1.165) is 23.1 Å². The molecule has 7 nitrogen and oxygen atoms in total. The highest BCUT2D eigenvalue weighted by Gasteiger charge is 2.52. The summed E-state index contributed by atoms with van der Waals surface area (Å²) in [6.45, 7) is 1.91. The minimum atomic E-state index is -0.619. The molecule has 3 atom stereocenters. The van der Waals surface area contributed by atoms with Crippen LogP contribution in [0.3, 0.4) is 0 Å². The second-order valence-electron chi connectivity index (χ2n) is 7.86. The molecule has 1 N–H and O–H groups in total. The average Bonchev–Trinajstić information content (AvgIpc) is 3.58. The number of likely N-dealkylation sites (N-methyl/N-ethyl adjacent to an activating group) is 1. The van der Waals surface area contributed by atoms with Crippen LogP contribution < -0.4 is 10.2 Å². The van der Waals surface area contributed by atoms with Crippen molar-refractivity contribution in [2.24, 2.45) is 5.92 Å². The number of hydrogen-bond acceptors (Lipinski definition) is 5. The number of amides is 2. The Labute approximate surface area is 174 Å². The summed E-state index contributed by atoms with van der Waals surface area (Å²) in [4.78, 5) is 40.7. The fourth-order valence-electron chi connectivity index (χ4n) is 4.23. The normalized spacial score (nSPS) is 22.0. The minimum absolute atomic E-state index is 0.0620. The van der Waals surface area contributed by atoms with Crippen molar-refractivity contribution in [3.63, 3.8) is 0 Å². The van der Waals surface area contributed by atoms with Crippen molar-refractivity contribution in [3.8, 4) is 11.3 Å². The smallest absolute Gasteiger partial charge is 0.289 e. The molecule has 1 aromatic carbocycles. The van der Waals surface area contributed by atoms with Crippen LogP contribution in [0.15, 0.2) is 54.9 Å². The quantitative estimate of drug-likeness (QED) is 0.732. The predicted octanol–water partition coefficient (Wildman–Crippen LogP) is 2.73. The molecule has 2 amide bonds. The fourth-order valence-corrected chi connectivity index (χ4v) is 4.23. The molecular formula is C23H21N5O2. The van der Waals surface area contributed by atoms with Crippen LogP contribution in [0.5, 0.6) is 0 Å². The molecular weight excluding hydrogens is 378 g/mol. The van der Waals surface area contributed by atoms with Gasteiger partial charge in [0, 0.05) is 25.0 Å². The third-order valence-electron chi connectivity index (χ3n) is 5.91. The molecule has 3 aromatic rings. The second-order valence-corrected chi connectivity index (χ2v) is 7.86. The van der Waals surface area contributed by atoms with E-state index in [2.05, 4.69) is 20.3 Å². The third kappa shape index (κ3) is 3.03. The van der Waals surface area contributed by atoms with Crippen molar-refractivity contribution >= 4 is 17.6 Å². The van der Waals surface area contributed by atoms with Gasteiger partial charge in [-0.15, -0.1) is 0 Å². The van der Waals surface area contributed by atoms with Crippen LogP contribution in [0.1, 0.15) is 34.1 Å². The number of rotatable bonds is 3. The maximum absolute atomic E-state index is 13.1. The fraction of sp³-hybridized carbons (Fsp3) is 0.261. The lowest BCUT2D eigenvalue weighted by Gasteiger charge is -2.22. The number of anilines is 1. The van der Waals surface area contributed by atoms with Gasteiger partial charge in [-0.3, -0.25) is 14.5 Å². The highest BCUT2D eigenvalue weighted by Crippen LogP contribution is 2.53. The molecule has 1 aliphatic carbocycles. The van der Waals surface area contributed by atoms with Gasteiger partial charge in [-0.25, -0.2) is 15.0 Å². The summed E-state index contributed by atoms with van der Waals surface area (Å²) in [5.74, 6) is 0.420. The van der Waals surface area contributed by atoms with E-state index >= 15 is 0 Å². The topological polar surface area (TPSA) is 88.1 Å². The molecule has 7 heteroatoms. The van der Waals surface area contributed by atoms with Gasteiger partial charge >= 0.3 is 0 Å². The van der Waals surface area contributed by atoms with E-state index in [9.17, 15) is 9.59 Å². The Morgan fingerprint density at radius 3 is 2.73 bits per heavy atom. The van der Waals surface area contributed by atoms with Crippen molar-refractivity contribution in [1.82, 2.24) is 20.3 Å². The molecule has 3 heterocycles. The number of nitrogens with zero attached hydrogens (tertiary/aromatic N) is 4. The van der Waals surface area contributed by atoms with E-state index in [-0.39, 0.29) is 23.6 Å². The second kappa shape index (κ2) is 7.02. The number of aromatic nitrogens is 3. The highest BCUT2D eigenvalue weighted by atomic mass is 16.2. The van der Waals surface area contributed by atoms with Gasteiger partial charge in [0.15, 0.2) is 0 Å². The van der Waals surface area contributed by atoms with Gasteiger partial charge in [-0.05, 0) is 42.4 Å². The zero-order chi connectivity index (χ0) is 20.8. The van der Waals surface area contributed by atoms with Crippen molar-refractivity contribution in [2.45, 2.75) is 25.3 Å². The van der Waals surface area contributed by atoms with Crippen LogP contribution in [0.25, 0.3) is 11.3 Å². The van der Waals surface area contributed by atoms with Crippen molar-refractivity contribution in [3.05, 3.63) is 71.8 Å². The van der Waals surface area contributed by atoms with Gasteiger partial charge in [-0.2, -0.15) is 0 Å². The number of pyridine rings is 1. The molecule has 2 unspecified atom stereocenters. The van der Waals surface area contributed by atoms with Crippen molar-refractivity contribution in [2.75, 3.05) is 11.9 Å². The molecule has 0 bridgehead atoms. The molecule has 1 fully saturated rings. The van der Waals surface area contributed by atoms with Crippen LogP contribution in [0, 0.1) is 12.8 Å². The van der Waals surface area contributed by atoms with Crippen LogP contribution in [-0.4, -0.2) is 39.9 Å². The summed E-state index contributed by atoms with van der Waals surface area (Å²) in [5, 5.41) is 2.90. The molecule has 150 valence electrons. The van der Waals surface area contributed by atoms with Gasteiger partial charge in [0.2, 0.25) is 5.82 Å². The lowest BCUT2D eigenvalue weighted by Crippen LogP contribution is -2.49. The number of benzene rings is 1. The molecule has 1 saturated carbocycles. The highest BCUT2D eigenvalue weighted by molar-refractivity contribution is 6.02. The maximum atomic E-state index is 13.1. The molecule has 2 aliphatic rings. The Hall–Kier alpha value is -3.61. The van der Waals surface area contributed by atoms with Crippen molar-refractivity contribution in [1.29, 1.82) is 0 Å². The molecule has 0 radical (unpaired) electrons. The number of hydrogen-bond donors (Lipinski definition) is 1. The monoisotopic (exact) mass is 399 g/mol. The summed E-state index contributed by atoms with van der Waals surface area (Å²) in [6, 6.07) is 12.9. The van der Waals surface area contributed by atoms with Crippen LogP contribution in [0.2, 0.25) is 0 Å². The lowest BCUT2D eigenvalue weighted by molar-refractivity contribution is -0.120. The Kier molecular flexibility index (Phi) is 4.31. The van der Waals surface area contributed by atoms with Gasteiger partial charge < -0.3 is 5.32 Å². The molecule has 2 aromatic heterocycles. The standard InChI is InChI=1S/C23H21N5O2/c1-13-12-25-20(26-18(13)14-7-4-3-5-8-14)22(29)27-19-17-11-16(17)15-9-6-10-24-21(15)28(2)23(19)30/h3-10,12,16-17,19H,11H2,1-2H3,(H,27,29)/t16?,17-,19?/m0/s1. The Morgan fingerprint density at radius 1 is 1.13 bits per heavy atom. The Bertz CT molecular complexity index is 1150. The first-order valence-corrected chi connectivity index (χ1v) is 9.97. The number of nitrogens with one attached hydrogen (secondary N) is 1. The van der Waals surface area contributed by atoms with E-state index in [0.29, 0.717) is 11.5 Å². The van der Waals surface area contributed by atoms with Gasteiger partial charge in [0.1, 0.15) is 11.9 Å². The molecule has 0 spiro atoms. The molecule has 1 aliphatic heterocycles. The summed E-state index contributed by atoms with van der Waals surface area (Å²) in [7, 11) is 1.70. The predicted molar refractivity (Wildman–Crippen MR) is 112 cm³/mol. The molecule has 0 saturated heterocycles. The maximum Gasteiger partial charge on any atom is 0.289 e. The van der Waals surface area contributed by atoms with Crippen LogP contribution in [-0.2, 0) is 4.79 Å². The zero-order valence-electron chi connectivity index (χ0n) is 16.7. The largest absolute Gasteiger partial charge is 0.337 e.